The maximum Gasteiger partial charge on any atom is 0.226 e. The fourth-order valence-corrected chi connectivity index (χ4v) is 2.57. The highest BCUT2D eigenvalue weighted by Crippen LogP contribution is 2.22. The zero-order chi connectivity index (χ0) is 15.4. The molecule has 1 fully saturated rings. The molecule has 1 atom stereocenters. The molecule has 2 amide bonds. The number of aromatic nitrogens is 1. The average molecular weight is 289 g/mol. The van der Waals surface area contributed by atoms with Crippen LogP contribution in [0.2, 0.25) is 0 Å². The molecule has 2 rings (SSSR count). The van der Waals surface area contributed by atoms with E-state index >= 15 is 0 Å². The van der Waals surface area contributed by atoms with Crippen molar-refractivity contribution >= 4 is 11.8 Å². The Morgan fingerprint density at radius 3 is 2.81 bits per heavy atom. The van der Waals surface area contributed by atoms with Crippen LogP contribution in [-0.2, 0) is 16.1 Å². The van der Waals surface area contributed by atoms with Gasteiger partial charge in [-0.05, 0) is 32.4 Å². The average Bonchev–Trinajstić information content (AvgIpc) is 2.47. The third-order valence-corrected chi connectivity index (χ3v) is 3.97. The molecule has 1 aromatic rings. The van der Waals surface area contributed by atoms with E-state index in [-0.39, 0.29) is 23.8 Å². The van der Waals surface area contributed by atoms with Gasteiger partial charge in [-0.3, -0.25) is 14.6 Å². The maximum atomic E-state index is 12.7. The van der Waals surface area contributed by atoms with Crippen molar-refractivity contribution in [3.05, 3.63) is 30.1 Å². The second kappa shape index (κ2) is 6.70. The molecule has 0 aromatic carbocycles. The van der Waals surface area contributed by atoms with Gasteiger partial charge in [-0.2, -0.15) is 0 Å². The minimum atomic E-state index is -0.195. The molecule has 0 radical (unpaired) electrons. The number of pyridine rings is 1. The highest BCUT2D eigenvalue weighted by molar-refractivity contribution is 5.87. The van der Waals surface area contributed by atoms with Crippen LogP contribution in [0.4, 0.5) is 0 Å². The SMILES string of the molecule is CC(C)N(Cc1ccccn1)C(=O)[C@H]1CCN(C)C(=O)C1. The van der Waals surface area contributed by atoms with E-state index in [1.807, 2.05) is 36.9 Å². The summed E-state index contributed by atoms with van der Waals surface area (Å²) in [4.78, 5) is 32.3. The van der Waals surface area contributed by atoms with Crippen molar-refractivity contribution in [2.75, 3.05) is 13.6 Å². The Labute approximate surface area is 126 Å². The number of amides is 2. The number of rotatable bonds is 4. The molecule has 114 valence electrons. The Morgan fingerprint density at radius 1 is 1.48 bits per heavy atom. The lowest BCUT2D eigenvalue weighted by Gasteiger charge is -2.34. The number of carbonyl (C=O) groups is 2. The number of nitrogens with zero attached hydrogens (tertiary/aromatic N) is 3. The molecule has 2 heterocycles. The van der Waals surface area contributed by atoms with E-state index in [1.165, 1.54) is 0 Å². The van der Waals surface area contributed by atoms with Crippen molar-refractivity contribution in [1.29, 1.82) is 0 Å². The number of hydrogen-bond acceptors (Lipinski definition) is 3. The van der Waals surface area contributed by atoms with Gasteiger partial charge in [-0.1, -0.05) is 6.07 Å². The molecule has 0 spiro atoms. The van der Waals surface area contributed by atoms with Crippen LogP contribution in [0.25, 0.3) is 0 Å². The fraction of sp³-hybridized carbons (Fsp3) is 0.562. The smallest absolute Gasteiger partial charge is 0.226 e. The number of likely N-dealkylation sites (tertiary alicyclic amines) is 1. The first kappa shape index (κ1) is 15.5. The second-order valence-corrected chi connectivity index (χ2v) is 5.89. The van der Waals surface area contributed by atoms with Crippen LogP contribution in [0, 0.1) is 5.92 Å². The van der Waals surface area contributed by atoms with E-state index in [0.29, 0.717) is 19.5 Å². The minimum Gasteiger partial charge on any atom is -0.346 e. The van der Waals surface area contributed by atoms with Crippen LogP contribution in [0.15, 0.2) is 24.4 Å². The summed E-state index contributed by atoms with van der Waals surface area (Å²) < 4.78 is 0. The molecule has 5 heteroatoms. The minimum absolute atomic E-state index is 0.0566. The molecular formula is C16H23N3O2. The highest BCUT2D eigenvalue weighted by atomic mass is 16.2. The Kier molecular flexibility index (Phi) is 4.94. The van der Waals surface area contributed by atoms with Crippen LogP contribution in [0.5, 0.6) is 0 Å². The lowest BCUT2D eigenvalue weighted by molar-refractivity contribution is -0.146. The van der Waals surface area contributed by atoms with Crippen molar-refractivity contribution in [3.63, 3.8) is 0 Å². The van der Waals surface area contributed by atoms with Gasteiger partial charge < -0.3 is 9.80 Å². The van der Waals surface area contributed by atoms with Crippen LogP contribution in [0.1, 0.15) is 32.4 Å². The lowest BCUT2D eigenvalue weighted by Crippen LogP contribution is -2.45. The van der Waals surface area contributed by atoms with E-state index < -0.39 is 0 Å². The molecule has 0 saturated carbocycles. The van der Waals surface area contributed by atoms with Crippen LogP contribution < -0.4 is 0 Å². The van der Waals surface area contributed by atoms with Gasteiger partial charge in [0.25, 0.3) is 0 Å². The first-order valence-electron chi connectivity index (χ1n) is 7.43. The van der Waals surface area contributed by atoms with Crippen LogP contribution >= 0.6 is 0 Å². The highest BCUT2D eigenvalue weighted by Gasteiger charge is 2.32. The predicted molar refractivity (Wildman–Crippen MR) is 80.3 cm³/mol. The standard InChI is InChI=1S/C16H23N3O2/c1-12(2)19(11-14-6-4-5-8-17-14)16(21)13-7-9-18(3)15(20)10-13/h4-6,8,12-13H,7,9-11H2,1-3H3/t13-/m0/s1. The van der Waals surface area contributed by atoms with Gasteiger partial charge in [0, 0.05) is 38.2 Å². The molecule has 1 aliphatic rings. The second-order valence-electron chi connectivity index (χ2n) is 5.89. The zero-order valence-corrected chi connectivity index (χ0v) is 13.0. The summed E-state index contributed by atoms with van der Waals surface area (Å²) in [7, 11) is 1.79. The Hall–Kier alpha value is -1.91. The third kappa shape index (κ3) is 3.80. The molecule has 21 heavy (non-hydrogen) atoms. The van der Waals surface area contributed by atoms with Gasteiger partial charge in [0.15, 0.2) is 0 Å². The third-order valence-electron chi connectivity index (χ3n) is 3.97. The van der Waals surface area contributed by atoms with Crippen molar-refractivity contribution in [1.82, 2.24) is 14.8 Å². The summed E-state index contributed by atoms with van der Waals surface area (Å²) in [5.41, 5.74) is 0.874. The Balaban J connectivity index is 2.07. The van der Waals surface area contributed by atoms with Gasteiger partial charge in [0.05, 0.1) is 12.2 Å². The predicted octanol–water partition coefficient (Wildman–Crippen LogP) is 1.69. The number of piperidine rings is 1. The molecular weight excluding hydrogens is 266 g/mol. The summed E-state index contributed by atoms with van der Waals surface area (Å²) >= 11 is 0. The molecule has 0 bridgehead atoms. The van der Waals surface area contributed by atoms with E-state index in [0.717, 1.165) is 12.1 Å². The Bertz CT molecular complexity index is 502. The topological polar surface area (TPSA) is 53.5 Å². The lowest BCUT2D eigenvalue weighted by atomic mass is 9.94. The number of carbonyl (C=O) groups excluding carboxylic acids is 2. The maximum absolute atomic E-state index is 12.7. The van der Waals surface area contributed by atoms with Gasteiger partial charge in [-0.15, -0.1) is 0 Å². The van der Waals surface area contributed by atoms with Crippen molar-refractivity contribution in [3.8, 4) is 0 Å². The molecule has 0 aliphatic carbocycles. The molecule has 0 N–H and O–H groups in total. The summed E-state index contributed by atoms with van der Waals surface area (Å²) in [6, 6.07) is 5.79. The zero-order valence-electron chi connectivity index (χ0n) is 13.0. The summed E-state index contributed by atoms with van der Waals surface area (Å²) in [6.07, 6.45) is 2.80. The summed E-state index contributed by atoms with van der Waals surface area (Å²) in [6.45, 7) is 5.15. The monoisotopic (exact) mass is 289 g/mol. The Morgan fingerprint density at radius 2 is 2.24 bits per heavy atom. The molecule has 0 unspecified atom stereocenters. The van der Waals surface area contributed by atoms with Gasteiger partial charge >= 0.3 is 0 Å². The summed E-state index contributed by atoms with van der Waals surface area (Å²) in [5, 5.41) is 0. The van der Waals surface area contributed by atoms with E-state index in [4.69, 9.17) is 0 Å². The largest absolute Gasteiger partial charge is 0.346 e. The number of hydrogen-bond donors (Lipinski definition) is 0. The van der Waals surface area contributed by atoms with E-state index in [1.54, 1.807) is 18.1 Å². The quantitative estimate of drug-likeness (QED) is 0.847. The molecule has 5 nitrogen and oxygen atoms in total. The first-order chi connectivity index (χ1) is 9.99. The molecule has 1 aliphatic heterocycles. The van der Waals surface area contributed by atoms with Gasteiger partial charge in [-0.25, -0.2) is 0 Å². The normalized spacial score (nSPS) is 19.0. The van der Waals surface area contributed by atoms with Crippen molar-refractivity contribution in [2.24, 2.45) is 5.92 Å². The molecule has 1 saturated heterocycles. The van der Waals surface area contributed by atoms with Crippen molar-refractivity contribution in [2.45, 2.75) is 39.3 Å². The van der Waals surface area contributed by atoms with Gasteiger partial charge in [0.1, 0.15) is 0 Å². The fourth-order valence-electron chi connectivity index (χ4n) is 2.57. The summed E-state index contributed by atoms with van der Waals surface area (Å²) in [5.74, 6) is -0.0712. The molecule has 1 aromatic heterocycles. The van der Waals surface area contributed by atoms with Crippen LogP contribution in [0.3, 0.4) is 0 Å². The van der Waals surface area contributed by atoms with Gasteiger partial charge in [0.2, 0.25) is 11.8 Å². The van der Waals surface area contributed by atoms with Crippen molar-refractivity contribution < 1.29 is 9.59 Å². The van der Waals surface area contributed by atoms with E-state index in [2.05, 4.69) is 4.98 Å². The van der Waals surface area contributed by atoms with Crippen LogP contribution in [-0.4, -0.2) is 46.2 Å². The first-order valence-corrected chi connectivity index (χ1v) is 7.43. The van der Waals surface area contributed by atoms with E-state index in [9.17, 15) is 9.59 Å².